The van der Waals surface area contributed by atoms with Crippen molar-refractivity contribution < 1.29 is 14.3 Å². The number of methoxy groups -OCH3 is 1. The molecule has 156 valence electrons. The molecule has 1 aliphatic heterocycles. The fraction of sp³-hybridized carbons (Fsp3) is 0.333. The quantitative estimate of drug-likeness (QED) is 0.686. The molecule has 2 heterocycles. The number of aromatic nitrogens is 1. The average molecular weight is 405 g/mol. The van der Waals surface area contributed by atoms with Crippen LogP contribution in [0.15, 0.2) is 54.7 Å². The normalized spacial score (nSPS) is 14.2. The van der Waals surface area contributed by atoms with Gasteiger partial charge < -0.3 is 19.5 Å². The van der Waals surface area contributed by atoms with E-state index in [0.717, 1.165) is 23.3 Å². The van der Waals surface area contributed by atoms with Gasteiger partial charge in [-0.15, -0.1) is 0 Å². The van der Waals surface area contributed by atoms with Crippen molar-refractivity contribution in [3.05, 3.63) is 65.9 Å². The number of ether oxygens (including phenoxy) is 1. The minimum atomic E-state index is 0.103. The molecule has 1 aromatic heterocycles. The maximum atomic E-state index is 12.7. The highest BCUT2D eigenvalue weighted by Crippen LogP contribution is 2.19. The summed E-state index contributed by atoms with van der Waals surface area (Å²) in [5.74, 6) is 1.04. The molecule has 1 N–H and O–H groups in total. The molecule has 0 spiro atoms. The number of amides is 2. The van der Waals surface area contributed by atoms with Crippen molar-refractivity contribution in [3.8, 4) is 5.75 Å². The van der Waals surface area contributed by atoms with E-state index in [9.17, 15) is 9.59 Å². The van der Waals surface area contributed by atoms with Crippen LogP contribution in [-0.2, 0) is 22.4 Å². The van der Waals surface area contributed by atoms with Gasteiger partial charge in [-0.05, 0) is 35.7 Å². The second kappa shape index (κ2) is 9.03. The van der Waals surface area contributed by atoms with Crippen molar-refractivity contribution in [2.75, 3.05) is 33.3 Å². The van der Waals surface area contributed by atoms with E-state index in [-0.39, 0.29) is 11.8 Å². The number of aryl methyl sites for hydroxylation is 1. The van der Waals surface area contributed by atoms with Crippen LogP contribution in [0.1, 0.15) is 17.5 Å². The lowest BCUT2D eigenvalue weighted by molar-refractivity contribution is -0.139. The van der Waals surface area contributed by atoms with Crippen LogP contribution in [0.3, 0.4) is 0 Å². The molecule has 3 aromatic rings. The van der Waals surface area contributed by atoms with E-state index in [0.29, 0.717) is 39.0 Å². The molecule has 0 bridgehead atoms. The van der Waals surface area contributed by atoms with E-state index >= 15 is 0 Å². The van der Waals surface area contributed by atoms with E-state index in [1.807, 2.05) is 58.5 Å². The van der Waals surface area contributed by atoms with Crippen molar-refractivity contribution in [1.29, 1.82) is 0 Å². The van der Waals surface area contributed by atoms with Gasteiger partial charge in [0.2, 0.25) is 11.8 Å². The van der Waals surface area contributed by atoms with Gasteiger partial charge in [-0.25, -0.2) is 0 Å². The van der Waals surface area contributed by atoms with Gasteiger partial charge in [0.05, 0.1) is 13.5 Å². The number of hydrogen-bond donors (Lipinski definition) is 1. The molecule has 2 aromatic carbocycles. The zero-order chi connectivity index (χ0) is 20.9. The largest absolute Gasteiger partial charge is 0.497 e. The van der Waals surface area contributed by atoms with E-state index in [1.165, 1.54) is 10.9 Å². The van der Waals surface area contributed by atoms with E-state index < -0.39 is 0 Å². The number of H-pyrrole nitrogens is 1. The van der Waals surface area contributed by atoms with Gasteiger partial charge in [0.1, 0.15) is 5.75 Å². The van der Waals surface area contributed by atoms with Crippen molar-refractivity contribution in [2.45, 2.75) is 19.3 Å². The van der Waals surface area contributed by atoms with Crippen LogP contribution in [0, 0.1) is 0 Å². The zero-order valence-corrected chi connectivity index (χ0v) is 17.3. The van der Waals surface area contributed by atoms with Gasteiger partial charge >= 0.3 is 0 Å². The van der Waals surface area contributed by atoms with Crippen LogP contribution in [0.25, 0.3) is 10.9 Å². The number of rotatable bonds is 6. The molecule has 1 fully saturated rings. The number of aromatic amines is 1. The molecule has 0 saturated carbocycles. The van der Waals surface area contributed by atoms with Crippen molar-refractivity contribution in [3.63, 3.8) is 0 Å². The third-order valence-electron chi connectivity index (χ3n) is 5.78. The van der Waals surface area contributed by atoms with Gasteiger partial charge in [-0.1, -0.05) is 30.3 Å². The molecule has 0 unspecified atom stereocenters. The third kappa shape index (κ3) is 4.48. The zero-order valence-electron chi connectivity index (χ0n) is 17.3. The molecule has 6 nitrogen and oxygen atoms in total. The second-order valence-electron chi connectivity index (χ2n) is 7.65. The fourth-order valence-electron chi connectivity index (χ4n) is 3.97. The Morgan fingerprint density at radius 2 is 1.60 bits per heavy atom. The number of nitrogens with one attached hydrogen (secondary N) is 1. The Labute approximate surface area is 176 Å². The molecule has 1 saturated heterocycles. The SMILES string of the molecule is COc1ccc(CC(=O)N2CCN(C(=O)CCc3c[nH]c4ccccc34)CC2)cc1. The van der Waals surface area contributed by atoms with Crippen LogP contribution < -0.4 is 4.74 Å². The van der Waals surface area contributed by atoms with E-state index in [1.54, 1.807) is 7.11 Å². The standard InChI is InChI=1S/C24H27N3O3/c1-30-20-9-6-18(7-10-20)16-24(29)27-14-12-26(13-15-27)23(28)11-8-19-17-25-22-5-3-2-4-21(19)22/h2-7,9-10,17,25H,8,11-16H2,1H3. The number of piperazine rings is 1. The highest BCUT2D eigenvalue weighted by atomic mass is 16.5. The summed E-state index contributed by atoms with van der Waals surface area (Å²) in [5.41, 5.74) is 3.24. The number of fused-ring (bicyclic) bond motifs is 1. The number of para-hydroxylation sites is 1. The number of benzene rings is 2. The molecular formula is C24H27N3O3. The summed E-state index contributed by atoms with van der Waals surface area (Å²) in [7, 11) is 1.63. The maximum Gasteiger partial charge on any atom is 0.227 e. The Morgan fingerprint density at radius 3 is 2.30 bits per heavy atom. The minimum absolute atomic E-state index is 0.103. The number of nitrogens with zero attached hydrogens (tertiary/aromatic N) is 2. The lowest BCUT2D eigenvalue weighted by atomic mass is 10.1. The first-order chi connectivity index (χ1) is 14.6. The lowest BCUT2D eigenvalue weighted by Gasteiger charge is -2.35. The van der Waals surface area contributed by atoms with E-state index in [2.05, 4.69) is 11.1 Å². The molecule has 30 heavy (non-hydrogen) atoms. The highest BCUT2D eigenvalue weighted by Gasteiger charge is 2.24. The molecule has 6 heteroatoms. The summed E-state index contributed by atoms with van der Waals surface area (Å²) in [5, 5.41) is 1.18. The van der Waals surface area contributed by atoms with Crippen LogP contribution in [0.5, 0.6) is 5.75 Å². The summed E-state index contributed by atoms with van der Waals surface area (Å²) >= 11 is 0. The fourth-order valence-corrected chi connectivity index (χ4v) is 3.97. The van der Waals surface area contributed by atoms with Crippen molar-refractivity contribution in [2.24, 2.45) is 0 Å². The highest BCUT2D eigenvalue weighted by molar-refractivity contribution is 5.84. The van der Waals surface area contributed by atoms with Gasteiger partial charge in [0, 0.05) is 49.7 Å². The first kappa shape index (κ1) is 20.0. The topological polar surface area (TPSA) is 65.6 Å². The number of carbonyl (C=O) groups is 2. The average Bonchev–Trinajstić information content (AvgIpc) is 3.21. The Hall–Kier alpha value is -3.28. The second-order valence-corrected chi connectivity index (χ2v) is 7.65. The first-order valence-corrected chi connectivity index (χ1v) is 10.4. The van der Waals surface area contributed by atoms with Crippen LogP contribution in [-0.4, -0.2) is 59.9 Å². The molecule has 0 aliphatic carbocycles. The molecule has 0 atom stereocenters. The Morgan fingerprint density at radius 1 is 0.933 bits per heavy atom. The Bertz CT molecular complexity index is 1020. The summed E-state index contributed by atoms with van der Waals surface area (Å²) in [4.78, 5) is 32.2. The van der Waals surface area contributed by atoms with Gasteiger partial charge in [-0.3, -0.25) is 9.59 Å². The summed E-state index contributed by atoms with van der Waals surface area (Å²) in [6.07, 6.45) is 3.58. The van der Waals surface area contributed by atoms with Crippen LogP contribution >= 0.6 is 0 Å². The lowest BCUT2D eigenvalue weighted by Crippen LogP contribution is -2.51. The molecule has 0 radical (unpaired) electrons. The molecule has 4 rings (SSSR count). The summed E-state index contributed by atoms with van der Waals surface area (Å²) in [6, 6.07) is 15.7. The summed E-state index contributed by atoms with van der Waals surface area (Å²) < 4.78 is 5.15. The molecule has 1 aliphatic rings. The predicted octanol–water partition coefficient (Wildman–Crippen LogP) is 3.02. The van der Waals surface area contributed by atoms with Crippen molar-refractivity contribution in [1.82, 2.24) is 14.8 Å². The number of hydrogen-bond acceptors (Lipinski definition) is 3. The Balaban J connectivity index is 1.25. The third-order valence-corrected chi connectivity index (χ3v) is 5.78. The Kier molecular flexibility index (Phi) is 6.02. The van der Waals surface area contributed by atoms with Crippen LogP contribution in [0.2, 0.25) is 0 Å². The molecular weight excluding hydrogens is 378 g/mol. The minimum Gasteiger partial charge on any atom is -0.497 e. The van der Waals surface area contributed by atoms with Crippen LogP contribution in [0.4, 0.5) is 0 Å². The summed E-state index contributed by atoms with van der Waals surface area (Å²) in [6.45, 7) is 2.38. The smallest absolute Gasteiger partial charge is 0.227 e. The maximum absolute atomic E-state index is 12.7. The number of carbonyl (C=O) groups excluding carboxylic acids is 2. The van der Waals surface area contributed by atoms with Crippen molar-refractivity contribution >= 4 is 22.7 Å². The van der Waals surface area contributed by atoms with Gasteiger partial charge in [-0.2, -0.15) is 0 Å². The monoisotopic (exact) mass is 405 g/mol. The van der Waals surface area contributed by atoms with Gasteiger partial charge in [0.25, 0.3) is 0 Å². The van der Waals surface area contributed by atoms with Gasteiger partial charge in [0.15, 0.2) is 0 Å². The molecule has 2 amide bonds. The predicted molar refractivity (Wildman–Crippen MR) is 116 cm³/mol. The first-order valence-electron chi connectivity index (χ1n) is 10.4. The van der Waals surface area contributed by atoms with E-state index in [4.69, 9.17) is 4.74 Å².